The van der Waals surface area contributed by atoms with Gasteiger partial charge in [0.25, 0.3) is 0 Å². The van der Waals surface area contributed by atoms with E-state index in [0.717, 1.165) is 25.2 Å². The molecule has 0 aliphatic carbocycles. The van der Waals surface area contributed by atoms with Crippen molar-refractivity contribution in [1.29, 1.82) is 0 Å². The van der Waals surface area contributed by atoms with E-state index in [9.17, 15) is 4.79 Å². The van der Waals surface area contributed by atoms with Gasteiger partial charge in [-0.05, 0) is 31.6 Å². The molecule has 0 N–H and O–H groups in total. The van der Waals surface area contributed by atoms with Gasteiger partial charge in [0, 0.05) is 6.42 Å². The molecule has 0 saturated carbocycles. The van der Waals surface area contributed by atoms with Gasteiger partial charge < -0.3 is 4.74 Å². The Morgan fingerprint density at radius 3 is 0.898 bits per heavy atom. The summed E-state index contributed by atoms with van der Waals surface area (Å²) in [5, 5.41) is 0. The highest BCUT2D eigenvalue weighted by Crippen LogP contribution is 2.14. The van der Waals surface area contributed by atoms with E-state index in [1.807, 2.05) is 0 Å². The van der Waals surface area contributed by atoms with E-state index in [0.29, 0.717) is 6.42 Å². The molecule has 0 fully saturated rings. The van der Waals surface area contributed by atoms with E-state index in [1.165, 1.54) is 141 Å². The summed E-state index contributed by atoms with van der Waals surface area (Å²) in [7, 11) is 0. The van der Waals surface area contributed by atoms with Crippen molar-refractivity contribution >= 4 is 5.97 Å². The normalized spacial score (nSPS) is 9.69. The highest BCUT2D eigenvalue weighted by atomic mass is 16.5. The Morgan fingerprint density at radius 2 is 0.633 bits per heavy atom. The van der Waals surface area contributed by atoms with Crippen LogP contribution in [-0.4, -0.2) is 12.1 Å². The van der Waals surface area contributed by atoms with Crippen molar-refractivity contribution in [2.75, 3.05) is 0 Å². The Morgan fingerprint density at radius 1 is 0.388 bits per heavy atom. The van der Waals surface area contributed by atoms with Crippen LogP contribution in [0.4, 0.5) is 0 Å². The predicted molar refractivity (Wildman–Crippen MR) is 236 cm³/mol. The van der Waals surface area contributed by atoms with Crippen LogP contribution in [-0.2, 0) is 9.53 Å². The Labute approximate surface area is 318 Å². The lowest BCUT2D eigenvalue weighted by Crippen LogP contribution is -2.17. The summed E-state index contributed by atoms with van der Waals surface area (Å²) in [4.78, 5) is 11.9. The van der Waals surface area contributed by atoms with E-state index in [2.05, 4.69) is 125 Å². The van der Waals surface area contributed by atoms with Crippen molar-refractivity contribution in [2.45, 2.75) is 298 Å². The van der Waals surface area contributed by atoms with Crippen LogP contribution < -0.4 is 0 Å². The summed E-state index contributed by atoms with van der Waals surface area (Å²) < 4.78 is 5.62. The number of ether oxygens (including phenoxy) is 1. The van der Waals surface area contributed by atoms with Gasteiger partial charge in [-0.3, -0.25) is 4.79 Å². The van der Waals surface area contributed by atoms with Gasteiger partial charge in [0.1, 0.15) is 6.10 Å². The number of esters is 1. The lowest BCUT2D eigenvalue weighted by atomic mass is 10.1. The van der Waals surface area contributed by atoms with E-state index < -0.39 is 0 Å². The van der Waals surface area contributed by atoms with Crippen LogP contribution in [0.3, 0.4) is 0 Å². The molecule has 2 nitrogen and oxygen atoms in total. The van der Waals surface area contributed by atoms with Crippen LogP contribution in [0.25, 0.3) is 0 Å². The minimum atomic E-state index is 0.0216. The quantitative estimate of drug-likeness (QED) is 0.0878. The molecule has 0 spiro atoms. The van der Waals surface area contributed by atoms with Crippen LogP contribution >= 0.6 is 0 Å². The summed E-state index contributed by atoms with van der Waals surface area (Å²) >= 11 is 0. The molecule has 0 aromatic carbocycles. The lowest BCUT2D eigenvalue weighted by molar-refractivity contribution is -0.149. The number of carbonyl (C=O) groups is 1. The fraction of sp³-hybridized carbons (Fsp3) is 0.979. The first-order valence-corrected chi connectivity index (χ1v) is 22.7. The molecule has 0 heterocycles. The molecule has 0 saturated heterocycles. The maximum absolute atomic E-state index is 11.9. The largest absolute Gasteiger partial charge is 0.462 e. The first-order valence-electron chi connectivity index (χ1n) is 22.7. The Hall–Kier alpha value is -0.530. The van der Waals surface area contributed by atoms with Crippen molar-refractivity contribution < 1.29 is 9.53 Å². The van der Waals surface area contributed by atoms with Crippen LogP contribution in [0.5, 0.6) is 0 Å². The second-order valence-electron chi connectivity index (χ2n) is 14.0. The number of hydrogen-bond acceptors (Lipinski definition) is 2. The molecule has 0 bridgehead atoms. The topological polar surface area (TPSA) is 26.3 Å². The molecule has 1 unspecified atom stereocenters. The van der Waals surface area contributed by atoms with Gasteiger partial charge in [0.05, 0.1) is 0 Å². The molecule has 0 amide bonds. The molecule has 0 aromatic heterocycles. The predicted octanol–water partition coefficient (Wildman–Crippen LogP) is 18.9. The summed E-state index contributed by atoms with van der Waals surface area (Å²) in [6.45, 7) is 39.0. The molecule has 0 radical (unpaired) electrons. The number of unbranched alkanes of at least 4 members (excludes halogenated alkanes) is 14. The zero-order chi connectivity index (χ0) is 39.8. The van der Waals surface area contributed by atoms with E-state index >= 15 is 0 Å². The SMILES string of the molecule is CCC.CCC.CCC.CCC.CCC.CCC(C)C.CCCCCCC.CCCCCCCCC(=O)OC(CC)CCCCCCCC. The van der Waals surface area contributed by atoms with Crippen molar-refractivity contribution in [3.63, 3.8) is 0 Å². The zero-order valence-corrected chi connectivity index (χ0v) is 38.9. The molecular formula is C47H108O2. The van der Waals surface area contributed by atoms with Crippen LogP contribution in [0.15, 0.2) is 0 Å². The summed E-state index contributed by atoms with van der Waals surface area (Å²) in [6, 6.07) is 0. The van der Waals surface area contributed by atoms with Crippen molar-refractivity contribution in [2.24, 2.45) is 5.92 Å². The Kier molecular flexibility index (Phi) is 111. The number of carbonyl (C=O) groups excluding carboxylic acids is 1. The average Bonchev–Trinajstić information content (AvgIpc) is 3.06. The molecule has 0 aromatic rings. The maximum Gasteiger partial charge on any atom is 0.306 e. The van der Waals surface area contributed by atoms with Gasteiger partial charge in [-0.15, -0.1) is 0 Å². The fourth-order valence-electron chi connectivity index (χ4n) is 3.47. The van der Waals surface area contributed by atoms with Gasteiger partial charge in [-0.1, -0.05) is 259 Å². The second-order valence-corrected chi connectivity index (χ2v) is 14.0. The lowest BCUT2D eigenvalue weighted by Gasteiger charge is -2.16. The second kappa shape index (κ2) is 81.5. The third-order valence-electron chi connectivity index (χ3n) is 6.39. The Bertz CT molecular complexity index is 403. The fourth-order valence-corrected chi connectivity index (χ4v) is 3.47. The first-order chi connectivity index (χ1) is 23.5. The van der Waals surface area contributed by atoms with Crippen molar-refractivity contribution in [1.82, 2.24) is 0 Å². The van der Waals surface area contributed by atoms with E-state index in [4.69, 9.17) is 4.74 Å². The molecule has 1 atom stereocenters. The van der Waals surface area contributed by atoms with Gasteiger partial charge in [0.15, 0.2) is 0 Å². The monoisotopic (exact) mass is 705 g/mol. The molecule has 0 rings (SSSR count). The van der Waals surface area contributed by atoms with Gasteiger partial charge in [0.2, 0.25) is 0 Å². The minimum Gasteiger partial charge on any atom is -0.462 e. The van der Waals surface area contributed by atoms with E-state index in [1.54, 1.807) is 0 Å². The standard InChI is InChI=1S/C20H40O2.C7H16.C5H12.5C3H8/c1-4-7-9-11-13-15-17-19(6-3)22-20(21)18-16-14-12-10-8-5-2;1-3-5-7-6-4-2;1-4-5(2)3;5*1-3-2/h19H,4-18H2,1-3H3;3-7H2,1-2H3;5H,4H2,1-3H3;5*3H2,1-2H3. The van der Waals surface area contributed by atoms with Gasteiger partial charge in [-0.2, -0.15) is 0 Å². The van der Waals surface area contributed by atoms with E-state index in [-0.39, 0.29) is 12.1 Å². The Balaban J connectivity index is -0.0000000840. The summed E-state index contributed by atoms with van der Waals surface area (Å²) in [6.07, 6.45) is 32.5. The van der Waals surface area contributed by atoms with Gasteiger partial charge >= 0.3 is 5.97 Å². The third-order valence-corrected chi connectivity index (χ3v) is 6.39. The molecule has 0 aliphatic heterocycles. The number of rotatable bonds is 21. The third kappa shape index (κ3) is 130. The van der Waals surface area contributed by atoms with Crippen molar-refractivity contribution in [3.8, 4) is 0 Å². The average molecular weight is 705 g/mol. The number of hydrogen-bond donors (Lipinski definition) is 0. The highest BCUT2D eigenvalue weighted by Gasteiger charge is 2.12. The summed E-state index contributed by atoms with van der Waals surface area (Å²) in [5.74, 6) is 0.906. The van der Waals surface area contributed by atoms with Crippen molar-refractivity contribution in [3.05, 3.63) is 0 Å². The molecule has 308 valence electrons. The van der Waals surface area contributed by atoms with Crippen LogP contribution in [0.1, 0.15) is 292 Å². The summed E-state index contributed by atoms with van der Waals surface area (Å²) in [5.41, 5.74) is 0. The highest BCUT2D eigenvalue weighted by molar-refractivity contribution is 5.69. The minimum absolute atomic E-state index is 0.0216. The molecular weight excluding hydrogens is 597 g/mol. The van der Waals surface area contributed by atoms with Gasteiger partial charge in [-0.25, -0.2) is 0 Å². The molecule has 49 heavy (non-hydrogen) atoms. The first kappa shape index (κ1) is 66.7. The maximum atomic E-state index is 11.9. The van der Waals surface area contributed by atoms with Crippen LogP contribution in [0.2, 0.25) is 0 Å². The molecule has 0 aliphatic rings. The zero-order valence-electron chi connectivity index (χ0n) is 38.9. The van der Waals surface area contributed by atoms with Crippen LogP contribution in [0, 0.1) is 5.92 Å². The molecule has 2 heteroatoms. The smallest absolute Gasteiger partial charge is 0.306 e.